The molecule has 0 aliphatic heterocycles. The van der Waals surface area contributed by atoms with Crippen LogP contribution in [0.5, 0.6) is 0 Å². The Morgan fingerprint density at radius 2 is 0.761 bits per heavy atom. The second-order valence-electron chi connectivity index (χ2n) is 15.3. The normalized spacial score (nSPS) is 12.4. The van der Waals surface area contributed by atoms with Gasteiger partial charge in [0, 0.05) is 6.61 Å². The van der Waals surface area contributed by atoms with Crippen molar-refractivity contribution < 1.29 is 14.3 Å². The van der Waals surface area contributed by atoms with E-state index in [9.17, 15) is 5.11 Å². The lowest BCUT2D eigenvalue weighted by Crippen LogP contribution is -2.44. The number of hydrogen-bond donors (Lipinski definition) is 0. The molecule has 0 fully saturated rings. The summed E-state index contributed by atoms with van der Waals surface area (Å²) in [5.41, 5.74) is 0. The maximum Gasteiger partial charge on any atom is 0.102 e. The molecule has 46 heavy (non-hydrogen) atoms. The molecule has 0 atom stereocenters. The molecule has 0 aliphatic rings. The van der Waals surface area contributed by atoms with Crippen molar-refractivity contribution in [1.82, 2.24) is 0 Å². The minimum atomic E-state index is 0.106. The maximum absolute atomic E-state index is 12.2. The first-order valence-electron chi connectivity index (χ1n) is 21.1. The zero-order valence-corrected chi connectivity index (χ0v) is 32.4. The summed E-state index contributed by atoms with van der Waals surface area (Å²) < 4.78 is 6.81. The zero-order chi connectivity index (χ0) is 33.7. The molecule has 0 saturated carbocycles. The molecular weight excluding hydrogens is 564 g/mol. The average molecular weight is 651 g/mol. The Balaban J connectivity index is 3.42. The number of ether oxygens (including phenoxy) is 1. The van der Waals surface area contributed by atoms with Gasteiger partial charge in [0.15, 0.2) is 0 Å². The number of likely N-dealkylation sites (N-methyl/N-ethyl adjacent to an activating group) is 1. The number of hydrogen-bond acceptors (Lipinski definition) is 3. The monoisotopic (exact) mass is 651 g/mol. The highest BCUT2D eigenvalue weighted by atomic mass is 16.5. The number of quaternary nitrogens is 1. The van der Waals surface area contributed by atoms with Crippen LogP contribution in [0.4, 0.5) is 0 Å². The summed E-state index contributed by atoms with van der Waals surface area (Å²) in [6.07, 6.45) is 43.4. The first kappa shape index (κ1) is 45.4. The average Bonchev–Trinajstić information content (AvgIpc) is 3.04. The molecule has 0 rings (SSSR count). The number of nitrogens with zero attached hydrogens (tertiary/aromatic N) is 2. The maximum atomic E-state index is 12.2. The largest absolute Gasteiger partial charge is 0.862 e. The zero-order valence-electron chi connectivity index (χ0n) is 32.4. The SMILES string of the molecule is CCCCCCCCCCCCCCCCCCOCC[N+](C)(C)CCN=C([O-])CCCCCCCCCCCCCCCCC. The van der Waals surface area contributed by atoms with E-state index in [4.69, 9.17) is 4.74 Å². The van der Waals surface area contributed by atoms with E-state index < -0.39 is 0 Å². The van der Waals surface area contributed by atoms with Gasteiger partial charge in [0.05, 0.1) is 33.8 Å². The molecule has 0 amide bonds. The molecule has 0 radical (unpaired) electrons. The first-order chi connectivity index (χ1) is 22.5. The van der Waals surface area contributed by atoms with E-state index in [0.29, 0.717) is 13.0 Å². The van der Waals surface area contributed by atoms with Gasteiger partial charge < -0.3 is 14.3 Å². The van der Waals surface area contributed by atoms with Crippen LogP contribution in [0.2, 0.25) is 0 Å². The van der Waals surface area contributed by atoms with Crippen LogP contribution >= 0.6 is 0 Å². The minimum absolute atomic E-state index is 0.106. The number of rotatable bonds is 39. The van der Waals surface area contributed by atoms with E-state index in [1.54, 1.807) is 0 Å². The van der Waals surface area contributed by atoms with Crippen molar-refractivity contribution in [2.45, 2.75) is 219 Å². The van der Waals surface area contributed by atoms with Crippen LogP contribution in [0.1, 0.15) is 219 Å². The Bertz CT molecular complexity index is 606. The minimum Gasteiger partial charge on any atom is -0.862 e. The van der Waals surface area contributed by atoms with Gasteiger partial charge in [0.1, 0.15) is 6.54 Å². The van der Waals surface area contributed by atoms with Crippen LogP contribution in [0.25, 0.3) is 0 Å². The van der Waals surface area contributed by atoms with E-state index in [0.717, 1.165) is 37.2 Å². The van der Waals surface area contributed by atoms with Gasteiger partial charge in [-0.05, 0) is 25.2 Å². The summed E-state index contributed by atoms with van der Waals surface area (Å²) >= 11 is 0. The van der Waals surface area contributed by atoms with Gasteiger partial charge in [-0.1, -0.05) is 200 Å². The van der Waals surface area contributed by atoms with E-state index in [1.807, 2.05) is 0 Å². The van der Waals surface area contributed by atoms with Crippen molar-refractivity contribution in [3.05, 3.63) is 0 Å². The predicted octanol–water partition coefficient (Wildman–Crippen LogP) is 12.4. The van der Waals surface area contributed by atoms with Crippen molar-refractivity contribution in [3.63, 3.8) is 0 Å². The van der Waals surface area contributed by atoms with Crippen LogP contribution in [0.15, 0.2) is 4.99 Å². The van der Waals surface area contributed by atoms with Gasteiger partial charge in [-0.25, -0.2) is 0 Å². The second kappa shape index (κ2) is 37.2. The molecule has 0 heterocycles. The van der Waals surface area contributed by atoms with E-state index in [-0.39, 0.29) is 5.90 Å². The van der Waals surface area contributed by atoms with Crippen LogP contribution in [0, 0.1) is 0 Å². The molecule has 0 bridgehead atoms. The number of unbranched alkanes of at least 4 members (excludes halogenated alkanes) is 29. The van der Waals surface area contributed by atoms with Crippen LogP contribution < -0.4 is 5.11 Å². The fraction of sp³-hybridized carbons (Fsp3) is 0.976. The van der Waals surface area contributed by atoms with Crippen molar-refractivity contribution in [2.24, 2.45) is 4.99 Å². The van der Waals surface area contributed by atoms with Gasteiger partial charge in [-0.15, -0.1) is 0 Å². The molecule has 4 heteroatoms. The quantitative estimate of drug-likeness (QED) is 0.0287. The lowest BCUT2D eigenvalue weighted by molar-refractivity contribution is -0.889. The fourth-order valence-corrected chi connectivity index (χ4v) is 6.45. The van der Waals surface area contributed by atoms with Crippen molar-refractivity contribution in [2.75, 3.05) is 46.9 Å². The molecule has 0 saturated heterocycles. The first-order valence-corrected chi connectivity index (χ1v) is 21.1. The van der Waals surface area contributed by atoms with Crippen LogP contribution in [-0.2, 0) is 4.74 Å². The Hall–Kier alpha value is -0.610. The molecule has 0 aromatic carbocycles. The van der Waals surface area contributed by atoms with Gasteiger partial charge in [0.2, 0.25) is 0 Å². The molecular formula is C42H86N2O2. The summed E-state index contributed by atoms with van der Waals surface area (Å²) in [4.78, 5) is 4.35. The standard InChI is InChI=1S/C42H86N2O2/c1-5-7-9-11-13-15-17-19-21-23-25-27-29-31-33-35-40-46-41-39-44(3,4)38-37-43-42(45)36-34-32-30-28-26-24-22-20-18-16-14-12-10-8-6-2/h5-41H2,1-4H3. The summed E-state index contributed by atoms with van der Waals surface area (Å²) in [5.74, 6) is 0.106. The van der Waals surface area contributed by atoms with Gasteiger partial charge >= 0.3 is 0 Å². The fourth-order valence-electron chi connectivity index (χ4n) is 6.45. The molecule has 0 aromatic heterocycles. The molecule has 276 valence electrons. The van der Waals surface area contributed by atoms with Gasteiger partial charge in [0.25, 0.3) is 0 Å². The lowest BCUT2D eigenvalue weighted by Gasteiger charge is -2.29. The molecule has 0 spiro atoms. The Labute approximate surface area is 290 Å². The Morgan fingerprint density at radius 1 is 0.435 bits per heavy atom. The smallest absolute Gasteiger partial charge is 0.102 e. The van der Waals surface area contributed by atoms with Crippen LogP contribution in [-0.4, -0.2) is 57.3 Å². The summed E-state index contributed by atoms with van der Waals surface area (Å²) in [6, 6.07) is 0. The lowest BCUT2D eigenvalue weighted by atomic mass is 10.0. The highest BCUT2D eigenvalue weighted by Crippen LogP contribution is 2.15. The van der Waals surface area contributed by atoms with Gasteiger partial charge in [-0.3, -0.25) is 4.99 Å². The molecule has 0 N–H and O–H groups in total. The summed E-state index contributed by atoms with van der Waals surface area (Å²) in [6.45, 7) is 8.82. The summed E-state index contributed by atoms with van der Waals surface area (Å²) in [5, 5.41) is 12.2. The van der Waals surface area contributed by atoms with E-state index >= 15 is 0 Å². The summed E-state index contributed by atoms with van der Waals surface area (Å²) in [7, 11) is 4.46. The molecule has 0 unspecified atom stereocenters. The third kappa shape index (κ3) is 37.8. The third-order valence-corrected chi connectivity index (χ3v) is 9.97. The van der Waals surface area contributed by atoms with Crippen molar-refractivity contribution >= 4 is 5.90 Å². The van der Waals surface area contributed by atoms with E-state index in [2.05, 4.69) is 32.9 Å². The second-order valence-corrected chi connectivity index (χ2v) is 15.3. The Morgan fingerprint density at radius 3 is 1.13 bits per heavy atom. The topological polar surface area (TPSA) is 44.6 Å². The van der Waals surface area contributed by atoms with E-state index in [1.165, 1.54) is 193 Å². The van der Waals surface area contributed by atoms with Crippen molar-refractivity contribution in [1.29, 1.82) is 0 Å². The molecule has 0 aliphatic carbocycles. The predicted molar refractivity (Wildman–Crippen MR) is 204 cm³/mol. The molecule has 4 nitrogen and oxygen atoms in total. The number of aliphatic imine (C=N–C) groups is 1. The highest BCUT2D eigenvalue weighted by molar-refractivity contribution is 5.71. The highest BCUT2D eigenvalue weighted by Gasteiger charge is 2.13. The van der Waals surface area contributed by atoms with Gasteiger partial charge in [-0.2, -0.15) is 0 Å². The van der Waals surface area contributed by atoms with Crippen LogP contribution in [0.3, 0.4) is 0 Å². The van der Waals surface area contributed by atoms with Crippen molar-refractivity contribution in [3.8, 4) is 0 Å². The Kier molecular flexibility index (Phi) is 36.7. The third-order valence-electron chi connectivity index (χ3n) is 9.97. The molecule has 0 aromatic rings.